The molecule has 1 unspecified atom stereocenters. The summed E-state index contributed by atoms with van der Waals surface area (Å²) in [6, 6.07) is 12.8. The van der Waals surface area contributed by atoms with Crippen LogP contribution in [0, 0.1) is 0 Å². The number of nitrogens with zero attached hydrogens (tertiary/aromatic N) is 4. The second kappa shape index (κ2) is 8.88. The number of rotatable bonds is 7. The highest BCUT2D eigenvalue weighted by atomic mass is 35.5. The fourth-order valence-corrected chi connectivity index (χ4v) is 3.15. The Morgan fingerprint density at radius 2 is 2.04 bits per heavy atom. The highest BCUT2D eigenvalue weighted by Crippen LogP contribution is 2.23. The zero-order chi connectivity index (χ0) is 19.2. The first-order valence-electron chi connectivity index (χ1n) is 8.18. The molecule has 140 valence electrons. The second-order valence-electron chi connectivity index (χ2n) is 5.67. The van der Waals surface area contributed by atoms with E-state index in [0.29, 0.717) is 21.8 Å². The van der Waals surface area contributed by atoms with Crippen molar-refractivity contribution in [3.05, 3.63) is 59.5 Å². The van der Waals surface area contributed by atoms with E-state index in [1.165, 1.54) is 18.0 Å². The van der Waals surface area contributed by atoms with E-state index in [1.54, 1.807) is 12.1 Å². The summed E-state index contributed by atoms with van der Waals surface area (Å²) >= 11 is 7.07. The van der Waals surface area contributed by atoms with E-state index in [0.717, 1.165) is 5.75 Å². The van der Waals surface area contributed by atoms with Gasteiger partial charge in [-0.3, -0.25) is 4.79 Å². The molecule has 0 aliphatic rings. The Hall–Kier alpha value is -2.58. The molecule has 0 saturated heterocycles. The van der Waals surface area contributed by atoms with Crippen molar-refractivity contribution in [3.8, 4) is 5.75 Å². The maximum atomic E-state index is 12.1. The van der Waals surface area contributed by atoms with Gasteiger partial charge in [0.25, 0.3) is 0 Å². The fraction of sp³-hybridized carbons (Fsp3) is 0.222. The number of para-hydroxylation sites is 1. The number of carbonyl (C=O) groups is 1. The minimum absolute atomic E-state index is 0.185. The molecule has 3 rings (SSSR count). The van der Waals surface area contributed by atoms with Gasteiger partial charge in [-0.05, 0) is 31.2 Å². The van der Waals surface area contributed by atoms with E-state index >= 15 is 0 Å². The van der Waals surface area contributed by atoms with E-state index in [4.69, 9.17) is 16.3 Å². The number of halogens is 1. The molecule has 1 N–H and O–H groups in total. The molecular formula is C18H18ClN5O2S. The van der Waals surface area contributed by atoms with Crippen LogP contribution in [0.4, 0.5) is 5.82 Å². The van der Waals surface area contributed by atoms with Crippen LogP contribution in [-0.4, -0.2) is 31.4 Å². The van der Waals surface area contributed by atoms with Gasteiger partial charge in [-0.2, -0.15) is 0 Å². The Bertz CT molecular complexity index is 902. The van der Waals surface area contributed by atoms with Crippen molar-refractivity contribution in [1.29, 1.82) is 0 Å². The number of hydrogen-bond donors (Lipinski definition) is 1. The summed E-state index contributed by atoms with van der Waals surface area (Å²) < 4.78 is 7.70. The van der Waals surface area contributed by atoms with Crippen LogP contribution < -0.4 is 10.1 Å². The summed E-state index contributed by atoms with van der Waals surface area (Å²) in [4.78, 5) is 16.1. The summed E-state index contributed by atoms with van der Waals surface area (Å²) in [5, 5.41) is 12.2. The van der Waals surface area contributed by atoms with Crippen LogP contribution in [0.1, 0.15) is 18.9 Å². The lowest BCUT2D eigenvalue weighted by Crippen LogP contribution is -2.15. The van der Waals surface area contributed by atoms with Crippen molar-refractivity contribution < 1.29 is 9.53 Å². The first-order chi connectivity index (χ1) is 13.0. The Kier molecular flexibility index (Phi) is 6.31. The number of hydrogen-bond acceptors (Lipinski definition) is 6. The van der Waals surface area contributed by atoms with Gasteiger partial charge in [-0.15, -0.1) is 10.2 Å². The molecule has 0 spiro atoms. The number of carbonyl (C=O) groups excluding carboxylic acids is 1. The van der Waals surface area contributed by atoms with Gasteiger partial charge < -0.3 is 14.6 Å². The van der Waals surface area contributed by atoms with E-state index in [-0.39, 0.29) is 17.8 Å². The smallest absolute Gasteiger partial charge is 0.236 e. The Balaban J connectivity index is 1.56. The molecule has 2 heterocycles. The molecular weight excluding hydrogens is 386 g/mol. The van der Waals surface area contributed by atoms with Gasteiger partial charge in [0.1, 0.15) is 11.6 Å². The zero-order valence-electron chi connectivity index (χ0n) is 14.8. The molecule has 2 aromatic heterocycles. The van der Waals surface area contributed by atoms with Gasteiger partial charge >= 0.3 is 0 Å². The Morgan fingerprint density at radius 3 is 2.74 bits per heavy atom. The number of amides is 1. The number of benzene rings is 1. The summed E-state index contributed by atoms with van der Waals surface area (Å²) in [6.45, 7) is 1.91. The molecule has 0 saturated carbocycles. The third-order valence-electron chi connectivity index (χ3n) is 3.62. The van der Waals surface area contributed by atoms with Crippen LogP contribution >= 0.6 is 23.4 Å². The molecule has 0 aliphatic heterocycles. The summed E-state index contributed by atoms with van der Waals surface area (Å²) in [5.74, 6) is 1.89. The molecule has 0 bridgehead atoms. The normalized spacial score (nSPS) is 11.8. The number of nitrogens with one attached hydrogen (secondary N) is 1. The van der Waals surface area contributed by atoms with Crippen LogP contribution in [0.5, 0.6) is 5.75 Å². The van der Waals surface area contributed by atoms with Crippen LogP contribution in [0.15, 0.2) is 53.8 Å². The number of aromatic nitrogens is 4. The number of anilines is 1. The monoisotopic (exact) mass is 403 g/mol. The minimum Gasteiger partial charge on any atom is -0.483 e. The van der Waals surface area contributed by atoms with Gasteiger partial charge in [0, 0.05) is 13.2 Å². The summed E-state index contributed by atoms with van der Waals surface area (Å²) in [6.07, 6.45) is 1.21. The van der Waals surface area contributed by atoms with Crippen LogP contribution in [0.2, 0.25) is 5.02 Å². The highest BCUT2D eigenvalue weighted by Gasteiger charge is 2.18. The van der Waals surface area contributed by atoms with Crippen molar-refractivity contribution in [2.45, 2.75) is 18.2 Å². The largest absolute Gasteiger partial charge is 0.483 e. The molecule has 0 radical (unpaired) electrons. The molecule has 27 heavy (non-hydrogen) atoms. The Labute approximate surface area is 166 Å². The molecule has 1 amide bonds. The third kappa shape index (κ3) is 5.21. The first kappa shape index (κ1) is 19.2. The molecule has 7 nitrogen and oxygen atoms in total. The van der Waals surface area contributed by atoms with Crippen molar-refractivity contribution in [3.63, 3.8) is 0 Å². The van der Waals surface area contributed by atoms with Crippen LogP contribution in [0.3, 0.4) is 0 Å². The lowest BCUT2D eigenvalue weighted by molar-refractivity contribution is -0.113. The van der Waals surface area contributed by atoms with Gasteiger partial charge in [0.15, 0.2) is 17.1 Å². The fourth-order valence-electron chi connectivity index (χ4n) is 2.32. The van der Waals surface area contributed by atoms with Gasteiger partial charge in [-0.25, -0.2) is 4.98 Å². The van der Waals surface area contributed by atoms with Crippen molar-refractivity contribution in [2.75, 3.05) is 11.1 Å². The lowest BCUT2D eigenvalue weighted by atomic mass is 10.3. The lowest BCUT2D eigenvalue weighted by Gasteiger charge is -2.14. The predicted octanol–water partition coefficient (Wildman–Crippen LogP) is 3.73. The second-order valence-corrected chi connectivity index (χ2v) is 7.05. The van der Waals surface area contributed by atoms with E-state index in [2.05, 4.69) is 20.5 Å². The third-order valence-corrected chi connectivity index (χ3v) is 4.86. The standard InChI is InChI=1S/C18H18ClN5O2S/c1-12(26-14-6-4-3-5-7-14)17-22-23-18(24(17)2)27-11-16(25)21-15-9-8-13(19)10-20-15/h3-10,12H,11H2,1-2H3,(H,20,21,25). The first-order valence-corrected chi connectivity index (χ1v) is 9.54. The molecule has 1 atom stereocenters. The average molecular weight is 404 g/mol. The zero-order valence-corrected chi connectivity index (χ0v) is 16.4. The molecule has 0 fully saturated rings. The number of thioether (sulfide) groups is 1. The van der Waals surface area contributed by atoms with Gasteiger partial charge in [-0.1, -0.05) is 41.6 Å². The minimum atomic E-state index is -0.272. The summed E-state index contributed by atoms with van der Waals surface area (Å²) in [7, 11) is 1.85. The SMILES string of the molecule is CC(Oc1ccccc1)c1nnc(SCC(=O)Nc2ccc(Cl)cn2)n1C. The number of ether oxygens (including phenoxy) is 1. The summed E-state index contributed by atoms with van der Waals surface area (Å²) in [5.41, 5.74) is 0. The molecule has 3 aromatic rings. The van der Waals surface area contributed by atoms with Crippen LogP contribution in [-0.2, 0) is 11.8 Å². The quantitative estimate of drug-likeness (QED) is 0.605. The predicted molar refractivity (Wildman–Crippen MR) is 105 cm³/mol. The molecule has 0 aliphatic carbocycles. The van der Waals surface area contributed by atoms with Gasteiger partial charge in [0.05, 0.1) is 10.8 Å². The van der Waals surface area contributed by atoms with Crippen molar-refractivity contribution >= 4 is 35.1 Å². The van der Waals surface area contributed by atoms with Crippen molar-refractivity contribution in [1.82, 2.24) is 19.7 Å². The van der Waals surface area contributed by atoms with Gasteiger partial charge in [0.2, 0.25) is 5.91 Å². The van der Waals surface area contributed by atoms with E-state index < -0.39 is 0 Å². The van der Waals surface area contributed by atoms with E-state index in [1.807, 2.05) is 48.9 Å². The average Bonchev–Trinajstić information content (AvgIpc) is 3.03. The maximum Gasteiger partial charge on any atom is 0.236 e. The molecule has 1 aromatic carbocycles. The Morgan fingerprint density at radius 1 is 1.26 bits per heavy atom. The van der Waals surface area contributed by atoms with Crippen LogP contribution in [0.25, 0.3) is 0 Å². The maximum absolute atomic E-state index is 12.1. The van der Waals surface area contributed by atoms with E-state index in [9.17, 15) is 4.79 Å². The molecule has 9 heteroatoms. The van der Waals surface area contributed by atoms with Crippen molar-refractivity contribution in [2.24, 2.45) is 7.05 Å². The highest BCUT2D eigenvalue weighted by molar-refractivity contribution is 7.99. The number of pyridine rings is 1. The topological polar surface area (TPSA) is 81.9 Å².